The van der Waals surface area contributed by atoms with Gasteiger partial charge in [0.2, 0.25) is 0 Å². The van der Waals surface area contributed by atoms with Gasteiger partial charge in [-0.3, -0.25) is 14.4 Å². The van der Waals surface area contributed by atoms with Crippen molar-refractivity contribution in [3.63, 3.8) is 0 Å². The molecule has 0 bridgehead atoms. The van der Waals surface area contributed by atoms with Crippen molar-refractivity contribution in [2.75, 3.05) is 11.1 Å². The molecule has 0 radical (unpaired) electrons. The Hall–Kier alpha value is -3.36. The van der Waals surface area contributed by atoms with Gasteiger partial charge in [-0.05, 0) is 72.3 Å². The molecular formula is C30H21BrCl2N2O3S. The SMILES string of the molecule is O=C(Nc1ccc(SCC(=O)c2ccc(Br)cc2)cc1)/C(=C/c1ccc(Cl)cc1Cl)NC(=O)c1ccccc1. The lowest BCUT2D eigenvalue weighted by atomic mass is 10.1. The first-order valence-electron chi connectivity index (χ1n) is 11.6. The van der Waals surface area contributed by atoms with E-state index in [-0.39, 0.29) is 17.2 Å². The minimum atomic E-state index is -0.531. The predicted octanol–water partition coefficient (Wildman–Crippen LogP) is 8.14. The molecule has 4 rings (SSSR count). The summed E-state index contributed by atoms with van der Waals surface area (Å²) < 4.78 is 0.915. The summed E-state index contributed by atoms with van der Waals surface area (Å²) in [7, 11) is 0. The van der Waals surface area contributed by atoms with Gasteiger partial charge in [-0.2, -0.15) is 0 Å². The fraction of sp³-hybridized carbons (Fsp3) is 0.0333. The summed E-state index contributed by atoms with van der Waals surface area (Å²) in [5.74, 6) is -0.664. The second kappa shape index (κ2) is 13.6. The number of thioether (sulfide) groups is 1. The summed E-state index contributed by atoms with van der Waals surface area (Å²) in [6.45, 7) is 0. The van der Waals surface area contributed by atoms with Gasteiger partial charge in [0.05, 0.1) is 5.75 Å². The van der Waals surface area contributed by atoms with E-state index in [1.165, 1.54) is 17.8 Å². The molecule has 0 spiro atoms. The molecule has 0 unspecified atom stereocenters. The normalized spacial score (nSPS) is 11.1. The van der Waals surface area contributed by atoms with Gasteiger partial charge in [-0.1, -0.05) is 75.5 Å². The van der Waals surface area contributed by atoms with Crippen LogP contribution in [-0.2, 0) is 4.79 Å². The van der Waals surface area contributed by atoms with E-state index in [4.69, 9.17) is 23.2 Å². The fourth-order valence-electron chi connectivity index (χ4n) is 3.42. The maximum atomic E-state index is 13.2. The van der Waals surface area contributed by atoms with E-state index in [9.17, 15) is 14.4 Å². The summed E-state index contributed by atoms with van der Waals surface area (Å²) >= 11 is 17.1. The molecule has 2 N–H and O–H groups in total. The summed E-state index contributed by atoms with van der Waals surface area (Å²) in [6, 6.07) is 27.8. The summed E-state index contributed by atoms with van der Waals surface area (Å²) in [5.41, 5.74) is 2.09. The monoisotopic (exact) mass is 638 g/mol. The van der Waals surface area contributed by atoms with Crippen LogP contribution in [0, 0.1) is 0 Å². The van der Waals surface area contributed by atoms with E-state index in [0.717, 1.165) is 9.37 Å². The van der Waals surface area contributed by atoms with Gasteiger partial charge >= 0.3 is 0 Å². The topological polar surface area (TPSA) is 75.3 Å². The first kappa shape index (κ1) is 28.6. The van der Waals surface area contributed by atoms with Crippen molar-refractivity contribution in [3.8, 4) is 0 Å². The van der Waals surface area contributed by atoms with Crippen molar-refractivity contribution in [1.82, 2.24) is 5.32 Å². The van der Waals surface area contributed by atoms with Crippen LogP contribution >= 0.6 is 50.9 Å². The Balaban J connectivity index is 1.46. The van der Waals surface area contributed by atoms with Crippen molar-refractivity contribution < 1.29 is 14.4 Å². The van der Waals surface area contributed by atoms with Gasteiger partial charge in [-0.25, -0.2) is 0 Å². The molecule has 0 saturated heterocycles. The van der Waals surface area contributed by atoms with E-state index >= 15 is 0 Å². The molecule has 2 amide bonds. The first-order valence-corrected chi connectivity index (χ1v) is 14.2. The van der Waals surface area contributed by atoms with E-state index in [1.54, 1.807) is 72.8 Å². The largest absolute Gasteiger partial charge is 0.321 e. The number of amides is 2. The molecule has 0 fully saturated rings. The molecule has 4 aromatic rings. The molecule has 9 heteroatoms. The second-order valence-electron chi connectivity index (χ2n) is 8.24. The number of carbonyl (C=O) groups is 3. The van der Waals surface area contributed by atoms with Crippen LogP contribution in [0.15, 0.2) is 112 Å². The third-order valence-electron chi connectivity index (χ3n) is 5.44. The van der Waals surface area contributed by atoms with Crippen molar-refractivity contribution in [2.45, 2.75) is 4.90 Å². The van der Waals surface area contributed by atoms with Crippen molar-refractivity contribution in [3.05, 3.63) is 134 Å². The van der Waals surface area contributed by atoms with Crippen LogP contribution in [0.1, 0.15) is 26.3 Å². The highest BCUT2D eigenvalue weighted by Gasteiger charge is 2.16. The van der Waals surface area contributed by atoms with Crippen LogP contribution in [0.25, 0.3) is 6.08 Å². The van der Waals surface area contributed by atoms with Gasteiger partial charge in [0, 0.05) is 36.2 Å². The third kappa shape index (κ3) is 8.31. The van der Waals surface area contributed by atoms with Gasteiger partial charge in [0.25, 0.3) is 11.8 Å². The Morgan fingerprint density at radius 1 is 0.821 bits per heavy atom. The van der Waals surface area contributed by atoms with E-state index in [1.807, 2.05) is 24.3 Å². The van der Waals surface area contributed by atoms with Crippen LogP contribution in [0.2, 0.25) is 10.0 Å². The summed E-state index contributed by atoms with van der Waals surface area (Å²) in [4.78, 5) is 39.4. The summed E-state index contributed by atoms with van der Waals surface area (Å²) in [5, 5.41) is 6.27. The zero-order valence-electron chi connectivity index (χ0n) is 20.3. The predicted molar refractivity (Wildman–Crippen MR) is 163 cm³/mol. The molecule has 0 atom stereocenters. The average molecular weight is 640 g/mol. The zero-order valence-corrected chi connectivity index (χ0v) is 24.2. The summed E-state index contributed by atoms with van der Waals surface area (Å²) in [6.07, 6.45) is 1.49. The minimum absolute atomic E-state index is 0.00613. The van der Waals surface area contributed by atoms with Crippen LogP contribution < -0.4 is 10.6 Å². The number of ketones is 1. The van der Waals surface area contributed by atoms with Crippen molar-refractivity contribution >= 4 is 80.3 Å². The molecule has 196 valence electrons. The van der Waals surface area contributed by atoms with Crippen LogP contribution in [0.5, 0.6) is 0 Å². The van der Waals surface area contributed by atoms with Gasteiger partial charge in [0.15, 0.2) is 5.78 Å². The highest BCUT2D eigenvalue weighted by atomic mass is 79.9. The van der Waals surface area contributed by atoms with Gasteiger partial charge in [-0.15, -0.1) is 11.8 Å². The average Bonchev–Trinajstić information content (AvgIpc) is 2.94. The lowest BCUT2D eigenvalue weighted by Crippen LogP contribution is -2.30. The van der Waals surface area contributed by atoms with Crippen LogP contribution in [-0.4, -0.2) is 23.4 Å². The molecule has 0 aromatic heterocycles. The third-order valence-corrected chi connectivity index (χ3v) is 7.54. The van der Waals surface area contributed by atoms with Crippen molar-refractivity contribution in [1.29, 1.82) is 0 Å². The van der Waals surface area contributed by atoms with Crippen LogP contribution in [0.3, 0.4) is 0 Å². The molecule has 0 aliphatic heterocycles. The number of hydrogen-bond donors (Lipinski definition) is 2. The molecule has 0 aliphatic carbocycles. The molecule has 0 aliphatic rings. The number of hydrogen-bond acceptors (Lipinski definition) is 4. The van der Waals surface area contributed by atoms with E-state index < -0.39 is 11.8 Å². The van der Waals surface area contributed by atoms with E-state index in [2.05, 4.69) is 26.6 Å². The Morgan fingerprint density at radius 3 is 2.18 bits per heavy atom. The Bertz CT molecular complexity index is 1530. The Kier molecular flexibility index (Phi) is 10.0. The smallest absolute Gasteiger partial charge is 0.272 e. The van der Waals surface area contributed by atoms with Crippen molar-refractivity contribution in [2.24, 2.45) is 0 Å². The standard InChI is InChI=1S/C30H21BrCl2N2O3S/c31-22-9-6-19(7-10-22)28(36)18-39-25-14-12-24(13-15-25)34-30(38)27(16-21-8-11-23(32)17-26(21)33)35-29(37)20-4-2-1-3-5-20/h1-17H,18H2,(H,34,38)(H,35,37)/b27-16-. The number of carbonyl (C=O) groups excluding carboxylic acids is 3. The highest BCUT2D eigenvalue weighted by molar-refractivity contribution is 9.10. The maximum absolute atomic E-state index is 13.2. The van der Waals surface area contributed by atoms with Crippen LogP contribution in [0.4, 0.5) is 5.69 Å². The second-order valence-corrected chi connectivity index (χ2v) is 11.0. The van der Waals surface area contributed by atoms with Gasteiger partial charge < -0.3 is 10.6 Å². The molecule has 39 heavy (non-hydrogen) atoms. The number of anilines is 1. The maximum Gasteiger partial charge on any atom is 0.272 e. The number of benzene rings is 4. The zero-order chi connectivity index (χ0) is 27.8. The fourth-order valence-corrected chi connectivity index (χ4v) is 4.94. The Morgan fingerprint density at radius 2 is 1.51 bits per heavy atom. The quantitative estimate of drug-likeness (QED) is 0.110. The lowest BCUT2D eigenvalue weighted by Gasteiger charge is -2.12. The molecule has 5 nitrogen and oxygen atoms in total. The van der Waals surface area contributed by atoms with E-state index in [0.29, 0.717) is 32.4 Å². The molecule has 0 saturated carbocycles. The van der Waals surface area contributed by atoms with Gasteiger partial charge in [0.1, 0.15) is 5.70 Å². The molecule has 0 heterocycles. The Labute approximate surface area is 248 Å². The molecule has 4 aromatic carbocycles. The number of halogens is 3. The number of Topliss-reactive ketones (excluding diaryl/α,β-unsaturated/α-hetero) is 1. The minimum Gasteiger partial charge on any atom is -0.321 e. The highest BCUT2D eigenvalue weighted by Crippen LogP contribution is 2.25. The lowest BCUT2D eigenvalue weighted by molar-refractivity contribution is -0.113. The number of rotatable bonds is 9. The number of nitrogens with one attached hydrogen (secondary N) is 2. The molecular weight excluding hydrogens is 619 g/mol. The first-order chi connectivity index (χ1) is 18.8.